The van der Waals surface area contributed by atoms with Gasteiger partial charge in [-0.1, -0.05) is 0 Å². The Morgan fingerprint density at radius 1 is 1.20 bits per heavy atom. The van der Waals surface area contributed by atoms with E-state index in [0.29, 0.717) is 0 Å². The molecule has 1 amide bonds. The molecule has 0 spiro atoms. The van der Waals surface area contributed by atoms with Gasteiger partial charge in [0.1, 0.15) is 6.42 Å². The molecule has 0 bridgehead atoms. The second kappa shape index (κ2) is 6.89. The summed E-state index contributed by atoms with van der Waals surface area (Å²) in [5, 5.41) is 10.8. The number of nitrogens with one attached hydrogen (secondary N) is 1. The van der Waals surface area contributed by atoms with E-state index < -0.39 is 17.8 Å². The summed E-state index contributed by atoms with van der Waals surface area (Å²) in [6.07, 6.45) is -0.372. The minimum Gasteiger partial charge on any atom is -0.465 e. The Kier molecular flexibility index (Phi) is 5.23. The lowest BCUT2D eigenvalue weighted by Crippen LogP contribution is -2.15. The predicted molar refractivity (Wildman–Crippen MR) is 68.0 cm³/mol. The molecule has 0 heterocycles. The third-order valence-corrected chi connectivity index (χ3v) is 2.36. The number of carbonyl (C=O) groups is 3. The van der Waals surface area contributed by atoms with Crippen molar-refractivity contribution in [2.45, 2.75) is 6.42 Å². The van der Waals surface area contributed by atoms with Crippen LogP contribution >= 0.6 is 0 Å². The van der Waals surface area contributed by atoms with Crippen LogP contribution in [0.4, 0.5) is 5.69 Å². The van der Waals surface area contributed by atoms with Gasteiger partial charge in [0.25, 0.3) is 0 Å². The number of hydrogen-bond acceptors (Lipinski definition) is 6. The highest BCUT2D eigenvalue weighted by Gasteiger charge is 2.17. The molecule has 1 aromatic carbocycles. The molecule has 0 saturated heterocycles. The first-order chi connectivity index (χ1) is 9.53. The van der Waals surface area contributed by atoms with Crippen molar-refractivity contribution in [1.29, 1.82) is 5.26 Å². The number of methoxy groups -OCH3 is 2. The summed E-state index contributed by atoms with van der Waals surface area (Å²) in [5.74, 6) is -1.88. The Bertz CT molecular complexity index is 589. The largest absolute Gasteiger partial charge is 0.465 e. The number of esters is 2. The minimum absolute atomic E-state index is 0.0754. The summed E-state index contributed by atoms with van der Waals surface area (Å²) >= 11 is 0. The minimum atomic E-state index is -0.673. The lowest BCUT2D eigenvalue weighted by molar-refractivity contribution is -0.115. The molecule has 104 valence electrons. The Labute approximate surface area is 115 Å². The van der Waals surface area contributed by atoms with Gasteiger partial charge >= 0.3 is 11.9 Å². The quantitative estimate of drug-likeness (QED) is 0.826. The third-order valence-electron chi connectivity index (χ3n) is 2.36. The van der Waals surface area contributed by atoms with Crippen molar-refractivity contribution in [3.8, 4) is 6.07 Å². The first-order valence-electron chi connectivity index (χ1n) is 5.51. The fraction of sp³-hybridized carbons (Fsp3) is 0.231. The number of ether oxygens (including phenoxy) is 2. The summed E-state index contributed by atoms with van der Waals surface area (Å²) in [4.78, 5) is 34.4. The van der Waals surface area contributed by atoms with Crippen LogP contribution in [-0.2, 0) is 14.3 Å². The van der Waals surface area contributed by atoms with Gasteiger partial charge in [-0.3, -0.25) is 4.79 Å². The molecular formula is C13H12N2O5. The van der Waals surface area contributed by atoms with Gasteiger partial charge in [-0.05, 0) is 18.2 Å². The number of amides is 1. The van der Waals surface area contributed by atoms with Crippen LogP contribution in [0.1, 0.15) is 27.1 Å². The Balaban J connectivity index is 3.19. The van der Waals surface area contributed by atoms with Crippen LogP contribution in [0.5, 0.6) is 0 Å². The van der Waals surface area contributed by atoms with E-state index in [1.807, 2.05) is 0 Å². The zero-order valence-corrected chi connectivity index (χ0v) is 10.9. The van der Waals surface area contributed by atoms with Gasteiger partial charge in [0.15, 0.2) is 0 Å². The molecule has 20 heavy (non-hydrogen) atoms. The molecule has 1 N–H and O–H groups in total. The third kappa shape index (κ3) is 3.55. The number of rotatable bonds is 4. The topological polar surface area (TPSA) is 105 Å². The highest BCUT2D eigenvalue weighted by atomic mass is 16.5. The average Bonchev–Trinajstić information content (AvgIpc) is 2.45. The number of anilines is 1. The average molecular weight is 276 g/mol. The van der Waals surface area contributed by atoms with Crippen molar-refractivity contribution in [3.05, 3.63) is 29.3 Å². The van der Waals surface area contributed by atoms with Crippen molar-refractivity contribution in [1.82, 2.24) is 0 Å². The normalized spacial score (nSPS) is 9.25. The van der Waals surface area contributed by atoms with Gasteiger partial charge in [-0.2, -0.15) is 5.26 Å². The van der Waals surface area contributed by atoms with Crippen LogP contribution in [0, 0.1) is 11.3 Å². The molecule has 0 aromatic heterocycles. The summed E-state index contributed by atoms with van der Waals surface area (Å²) in [6, 6.07) is 5.67. The zero-order chi connectivity index (χ0) is 15.1. The maximum Gasteiger partial charge on any atom is 0.339 e. The first kappa shape index (κ1) is 15.2. The fourth-order valence-corrected chi connectivity index (χ4v) is 1.45. The molecule has 0 unspecified atom stereocenters. The monoisotopic (exact) mass is 276 g/mol. The standard InChI is InChI=1S/C13H12N2O5/c1-19-12(17)8-3-4-9(13(18)20-2)10(7-8)15-11(16)5-6-14/h3-4,7H,5H2,1-2H3,(H,15,16). The lowest BCUT2D eigenvalue weighted by Gasteiger charge is -2.10. The van der Waals surface area contributed by atoms with Gasteiger partial charge in [0, 0.05) is 0 Å². The molecule has 0 radical (unpaired) electrons. The predicted octanol–water partition coefficient (Wildman–Crippen LogP) is 1.11. The van der Waals surface area contributed by atoms with Gasteiger partial charge in [-0.25, -0.2) is 9.59 Å². The van der Waals surface area contributed by atoms with Crippen LogP contribution in [0.2, 0.25) is 0 Å². The maximum absolute atomic E-state index is 11.6. The number of hydrogen-bond donors (Lipinski definition) is 1. The summed E-state index contributed by atoms with van der Waals surface area (Å²) < 4.78 is 9.12. The van der Waals surface area contributed by atoms with Crippen molar-refractivity contribution < 1.29 is 23.9 Å². The molecule has 7 heteroatoms. The Hall–Kier alpha value is -2.88. The first-order valence-corrected chi connectivity index (χ1v) is 5.51. The highest BCUT2D eigenvalue weighted by Crippen LogP contribution is 2.20. The van der Waals surface area contributed by atoms with E-state index in [1.54, 1.807) is 6.07 Å². The number of benzene rings is 1. The molecule has 0 aliphatic carbocycles. The van der Waals surface area contributed by atoms with E-state index in [-0.39, 0.29) is 23.2 Å². The molecule has 0 saturated carbocycles. The smallest absolute Gasteiger partial charge is 0.339 e. The molecule has 0 atom stereocenters. The fourth-order valence-electron chi connectivity index (χ4n) is 1.45. The molecule has 0 aliphatic heterocycles. The van der Waals surface area contributed by atoms with E-state index in [4.69, 9.17) is 5.26 Å². The van der Waals surface area contributed by atoms with E-state index in [0.717, 1.165) is 0 Å². The van der Waals surface area contributed by atoms with E-state index in [1.165, 1.54) is 32.4 Å². The second-order valence-corrected chi connectivity index (χ2v) is 3.63. The van der Waals surface area contributed by atoms with Crippen molar-refractivity contribution >= 4 is 23.5 Å². The number of nitrogens with zero attached hydrogens (tertiary/aromatic N) is 1. The van der Waals surface area contributed by atoms with Crippen LogP contribution in [0.3, 0.4) is 0 Å². The van der Waals surface area contributed by atoms with Crippen molar-refractivity contribution in [2.24, 2.45) is 0 Å². The van der Waals surface area contributed by atoms with E-state index in [2.05, 4.69) is 14.8 Å². The number of carbonyl (C=O) groups excluding carboxylic acids is 3. The second-order valence-electron chi connectivity index (χ2n) is 3.63. The molecule has 0 aliphatic rings. The van der Waals surface area contributed by atoms with Crippen molar-refractivity contribution in [3.63, 3.8) is 0 Å². The summed E-state index contributed by atoms with van der Waals surface area (Å²) in [6.45, 7) is 0. The molecule has 1 rings (SSSR count). The maximum atomic E-state index is 11.6. The van der Waals surface area contributed by atoms with Crippen LogP contribution < -0.4 is 5.32 Å². The summed E-state index contributed by atoms with van der Waals surface area (Å²) in [5.41, 5.74) is 0.318. The lowest BCUT2D eigenvalue weighted by atomic mass is 10.1. The van der Waals surface area contributed by atoms with E-state index in [9.17, 15) is 14.4 Å². The van der Waals surface area contributed by atoms with Gasteiger partial charge in [0.2, 0.25) is 5.91 Å². The summed E-state index contributed by atoms with van der Waals surface area (Å²) in [7, 11) is 2.40. The van der Waals surface area contributed by atoms with Gasteiger partial charge in [-0.15, -0.1) is 0 Å². The Morgan fingerprint density at radius 3 is 2.40 bits per heavy atom. The van der Waals surface area contributed by atoms with Crippen LogP contribution in [-0.4, -0.2) is 32.1 Å². The Morgan fingerprint density at radius 2 is 1.85 bits per heavy atom. The SMILES string of the molecule is COC(=O)c1ccc(C(=O)OC)c(NC(=O)CC#N)c1. The van der Waals surface area contributed by atoms with Gasteiger partial charge < -0.3 is 14.8 Å². The van der Waals surface area contributed by atoms with Gasteiger partial charge in [0.05, 0.1) is 37.1 Å². The highest BCUT2D eigenvalue weighted by molar-refractivity contribution is 6.03. The van der Waals surface area contributed by atoms with Crippen molar-refractivity contribution in [2.75, 3.05) is 19.5 Å². The molecule has 1 aromatic rings. The van der Waals surface area contributed by atoms with Crippen LogP contribution in [0.25, 0.3) is 0 Å². The number of nitriles is 1. The zero-order valence-electron chi connectivity index (χ0n) is 10.9. The van der Waals surface area contributed by atoms with E-state index >= 15 is 0 Å². The van der Waals surface area contributed by atoms with Crippen LogP contribution in [0.15, 0.2) is 18.2 Å². The molecular weight excluding hydrogens is 264 g/mol. The molecule has 0 fully saturated rings. The molecule has 7 nitrogen and oxygen atoms in total.